The van der Waals surface area contributed by atoms with Crippen LogP contribution in [0.15, 0.2) is 0 Å². The molecule has 13 rings (SSSR count). The van der Waals surface area contributed by atoms with Gasteiger partial charge < -0.3 is 69.2 Å². The molecule has 5 atom stereocenters. The van der Waals surface area contributed by atoms with Gasteiger partial charge in [0.1, 0.15) is 11.2 Å². The molecule has 0 aromatic heterocycles. The van der Waals surface area contributed by atoms with Gasteiger partial charge in [0.25, 0.3) is 0 Å². The quantitative estimate of drug-likeness (QED) is 0.194. The van der Waals surface area contributed by atoms with Gasteiger partial charge in [-0.15, -0.1) is 0 Å². The van der Waals surface area contributed by atoms with Crippen molar-refractivity contribution in [2.24, 2.45) is 121 Å². The lowest BCUT2D eigenvalue weighted by Gasteiger charge is -2.35. The third-order valence-corrected chi connectivity index (χ3v) is 34.6. The largest absolute Gasteiger partial charge is 0.444 e. The highest BCUT2D eigenvalue weighted by Gasteiger charge is 2.43. The standard InChI is InChI=1S/2C13H25NO2.2C10H19NO.C9H19NO2S.C9H15NO.3C9H19N.2C8H17N.C8H16O.C6H13N.O2S/c1-12(2,3)10-8-7-9-14(10)11(15)16-13(4,5)6;1-10(2)11-6-8-14(9-7-11)12(15)16-13(3,4)5;1-8(12)11-7-5-6-9(11)10(2,3)4;1-8(2)10-4-6-11(7-5-10)9(3)12;1-9(2,3)8-6-5-7-10(8)13(4,11)12;1-8(2)9(7-10)3-5-11-6-4-9;1-9(2,3)8-6-5-7-10(8)4;2*1-8(2)9-4-6-10(3)7-5-9;1-8(2,3)7-5-4-6-9-7;2*1-7(2)8-3-5-9-6-4-8;1-5(2)6-3-7-4-6;1-3-2/h10H,7-9H2,1-6H3;10-11H,6-9H2,1-5H3;9H,5-7H2,1-4H3;8,10H,4-7H2,1-3H3;8H,5-7H2,1-4H3;8H,3-6H2,1-2H3;8H,5-7H2,1-4H3;2*8-9H,4-7H2,1-3H3;7,9H,4-6H2,1-3H3;7-9H,3-6H2,1-2H3;7-8H,3-6H2,1-2H3;5-7H,3-4H2,1-2H3;. The highest BCUT2D eigenvalue weighted by Crippen LogP contribution is 2.41. The molecule has 870 valence electrons. The fourth-order valence-electron chi connectivity index (χ4n) is 22.3. The Kier molecular flexibility index (Phi) is 69.1. The Labute approximate surface area is 912 Å². The van der Waals surface area contributed by atoms with Crippen molar-refractivity contribution in [3.63, 3.8) is 0 Å². The van der Waals surface area contributed by atoms with Crippen molar-refractivity contribution in [1.82, 2.24) is 54.6 Å². The molecule has 0 aromatic rings. The Morgan fingerprint density at radius 1 is 0.367 bits per heavy atom. The van der Waals surface area contributed by atoms with Gasteiger partial charge in [0.05, 0.1) is 17.7 Å². The van der Waals surface area contributed by atoms with Gasteiger partial charge >= 0.3 is 23.8 Å². The zero-order valence-electron chi connectivity index (χ0n) is 104. The molecule has 0 bridgehead atoms. The van der Waals surface area contributed by atoms with Crippen LogP contribution in [0.25, 0.3) is 0 Å². The number of rotatable bonds is 9. The molecule has 13 aliphatic rings. The van der Waals surface area contributed by atoms with Gasteiger partial charge in [-0.1, -0.05) is 215 Å². The van der Waals surface area contributed by atoms with E-state index in [4.69, 9.17) is 32.6 Å². The first-order valence-corrected chi connectivity index (χ1v) is 61.4. The van der Waals surface area contributed by atoms with Crippen LogP contribution in [-0.4, -0.2) is 286 Å². The smallest absolute Gasteiger partial charge is 0.410 e. The SMILES string of the molecule is CC(=O)N1CCC(C(C)C)CC1.CC(=O)N1CCCC1C(C)(C)C.CC(C)(C)C1CCCN1.CC(C)(C)C1CCCN1S(C)(=O)=O.CC(C)(C)OC(=O)N1CCCC1C(C)(C)C.CC(C)C1(C#N)CCOCC1.CC(C)C1CCN(C(=O)OC(C)(C)C)CC1.CC(C)C1CCN(C)CC1.CC(C)C1CCN(C)CC1.CC(C)C1CCNCC1.CC(C)C1CCOCC1.CC(C)C1CNC1.CN1CCCC1C(C)(C)C.O=S=O. The summed E-state index contributed by atoms with van der Waals surface area (Å²) in [5.41, 5.74) is 0.489. The maximum atomic E-state index is 12.0. The number of piperidine rings is 5. The van der Waals surface area contributed by atoms with Gasteiger partial charge in [-0.3, -0.25) is 9.59 Å². The minimum atomic E-state index is -3.00. The van der Waals surface area contributed by atoms with E-state index in [2.05, 4.69) is 272 Å². The highest BCUT2D eigenvalue weighted by molar-refractivity contribution is 7.88. The number of amides is 4. The molecule has 0 saturated carbocycles. The Bertz CT molecular complexity index is 3580. The van der Waals surface area contributed by atoms with Gasteiger partial charge in [-0.05, 0) is 398 Å². The molecule has 0 radical (unpaired) electrons. The Morgan fingerprint density at radius 2 is 0.694 bits per heavy atom. The van der Waals surface area contributed by atoms with Crippen LogP contribution in [0, 0.1) is 133 Å². The van der Waals surface area contributed by atoms with E-state index in [1.54, 1.807) is 18.2 Å². The first kappa shape index (κ1) is 143. The zero-order chi connectivity index (χ0) is 113. The topological polar surface area (TPSA) is 259 Å². The fourth-order valence-corrected chi connectivity index (χ4v) is 23.6. The number of carbonyl (C=O) groups is 4. The van der Waals surface area contributed by atoms with Crippen molar-refractivity contribution in [3.8, 4) is 6.07 Å². The predicted octanol–water partition coefficient (Wildman–Crippen LogP) is 25.9. The maximum absolute atomic E-state index is 12.0. The monoisotopic (exact) mass is 2120 g/mol. The van der Waals surface area contributed by atoms with Crippen molar-refractivity contribution < 1.29 is 55.0 Å². The van der Waals surface area contributed by atoms with E-state index in [1.807, 2.05) is 61.1 Å². The van der Waals surface area contributed by atoms with Crippen molar-refractivity contribution in [3.05, 3.63) is 0 Å². The summed E-state index contributed by atoms with van der Waals surface area (Å²) < 4.78 is 62.3. The van der Waals surface area contributed by atoms with Crippen LogP contribution in [-0.2, 0) is 50.1 Å². The lowest BCUT2D eigenvalue weighted by Crippen LogP contribution is -2.45. The Balaban J connectivity index is 0.00000157. The number of hydrogen-bond donors (Lipinski definition) is 3. The molecule has 0 aromatic carbocycles. The average Bonchev–Trinajstić information content (AvgIpc) is 1.62. The maximum Gasteiger partial charge on any atom is 0.410 e. The number of carbonyl (C=O) groups excluding carboxylic acids is 4. The van der Waals surface area contributed by atoms with Gasteiger partial charge in [-0.2, -0.15) is 18.0 Å². The molecule has 4 amide bonds. The second kappa shape index (κ2) is 70.9. The first-order valence-electron chi connectivity index (χ1n) is 58.9. The molecule has 5 unspecified atom stereocenters. The summed E-state index contributed by atoms with van der Waals surface area (Å²) in [7, 11) is 3.68. The minimum absolute atomic E-state index is 0.0551. The fraction of sp³-hybridized carbons (Fsp3) is 0.959. The lowest BCUT2D eigenvalue weighted by molar-refractivity contribution is -0.131. The summed E-state index contributed by atoms with van der Waals surface area (Å²) in [5.74, 6) is 13.3. The van der Waals surface area contributed by atoms with Crippen LogP contribution in [0.4, 0.5) is 9.59 Å². The van der Waals surface area contributed by atoms with Crippen molar-refractivity contribution in [2.75, 3.05) is 165 Å². The second-order valence-electron chi connectivity index (χ2n) is 55.5. The summed E-state index contributed by atoms with van der Waals surface area (Å²) in [6.45, 7) is 107. The number of likely N-dealkylation sites (tertiary alicyclic amines) is 7. The molecule has 26 heteroatoms. The molecule has 13 aliphatic heterocycles. The van der Waals surface area contributed by atoms with E-state index < -0.39 is 27.2 Å². The third-order valence-electron chi connectivity index (χ3n) is 33.3. The van der Waals surface area contributed by atoms with Crippen LogP contribution in [0.3, 0.4) is 0 Å². The van der Waals surface area contributed by atoms with Crippen LogP contribution in [0.2, 0.25) is 0 Å². The second-order valence-corrected chi connectivity index (χ2v) is 57.6. The van der Waals surface area contributed by atoms with E-state index in [1.165, 1.54) is 174 Å². The van der Waals surface area contributed by atoms with Gasteiger partial charge in [0.15, 0.2) is 0 Å². The normalized spacial score (nSPS) is 23.3. The van der Waals surface area contributed by atoms with Crippen LogP contribution in [0.1, 0.15) is 424 Å². The first-order chi connectivity index (χ1) is 67.7. The zero-order valence-corrected chi connectivity index (χ0v) is 106. The molecule has 0 aliphatic carbocycles. The summed E-state index contributed by atoms with van der Waals surface area (Å²) >= 11 is -0.750. The third kappa shape index (κ3) is 61.1. The number of ether oxygens (including phenoxy) is 4. The average molecular weight is 2120 g/mol. The van der Waals surface area contributed by atoms with Crippen molar-refractivity contribution in [2.45, 2.75) is 466 Å². The lowest BCUT2D eigenvalue weighted by atomic mass is 9.73. The Morgan fingerprint density at radius 3 is 0.946 bits per heavy atom. The summed E-state index contributed by atoms with van der Waals surface area (Å²) in [4.78, 5) is 61.1. The van der Waals surface area contributed by atoms with E-state index in [-0.39, 0.29) is 57.3 Å². The van der Waals surface area contributed by atoms with E-state index >= 15 is 0 Å². The van der Waals surface area contributed by atoms with E-state index in [9.17, 15) is 27.6 Å². The van der Waals surface area contributed by atoms with E-state index in [0.717, 1.165) is 212 Å². The molecule has 3 N–H and O–H groups in total. The molecule has 0 spiro atoms. The van der Waals surface area contributed by atoms with Crippen LogP contribution in [0.5, 0.6) is 0 Å². The van der Waals surface area contributed by atoms with Gasteiger partial charge in [0, 0.05) is 116 Å². The molecular formula is C121H242N12O12S2. The number of nitrogens with one attached hydrogen (secondary N) is 3. The number of nitriles is 1. The molecule has 24 nitrogen and oxygen atoms in total. The number of nitrogens with zero attached hydrogens (tertiary/aromatic N) is 9. The van der Waals surface area contributed by atoms with Crippen LogP contribution >= 0.6 is 0 Å². The Hall–Kier alpha value is -3.62. The minimum Gasteiger partial charge on any atom is -0.444 e. The highest BCUT2D eigenvalue weighted by atomic mass is 32.2. The summed E-state index contributed by atoms with van der Waals surface area (Å²) in [6.07, 6.45) is 30.4. The summed E-state index contributed by atoms with van der Waals surface area (Å²) in [6, 6.07) is 4.96. The molecule has 13 saturated heterocycles. The summed E-state index contributed by atoms with van der Waals surface area (Å²) in [5, 5.41) is 19.1. The number of sulfonamides is 1. The van der Waals surface area contributed by atoms with Gasteiger partial charge in [-0.25, -0.2) is 18.0 Å². The predicted molar refractivity (Wildman–Crippen MR) is 622 cm³/mol. The van der Waals surface area contributed by atoms with Crippen LogP contribution < -0.4 is 16.0 Å². The van der Waals surface area contributed by atoms with Gasteiger partial charge in [0.2, 0.25) is 21.8 Å². The molecular weight excluding hydrogens is 1880 g/mol. The molecule has 13 fully saturated rings. The number of hydrogen-bond acceptors (Lipinski definition) is 19. The molecule has 147 heavy (non-hydrogen) atoms. The van der Waals surface area contributed by atoms with Crippen molar-refractivity contribution in [1.29, 1.82) is 5.26 Å². The van der Waals surface area contributed by atoms with E-state index in [0.29, 0.717) is 35.4 Å². The van der Waals surface area contributed by atoms with Crippen molar-refractivity contribution >= 4 is 45.6 Å². The molecule has 13 heterocycles.